The minimum Gasteiger partial charge on any atom is -0.389 e. The molecule has 1 N–H and O–H groups in total. The Bertz CT molecular complexity index is 737. The van der Waals surface area contributed by atoms with Gasteiger partial charge in [-0.1, -0.05) is 25.0 Å². The van der Waals surface area contributed by atoms with E-state index in [1.165, 1.54) is 12.1 Å². The lowest BCUT2D eigenvalue weighted by Crippen LogP contribution is -2.47. The standard InChI is InChI=1S/C24H33F3N2O2/c1-2-22(23(31)17-30)19-8-6-18(7-9-19)10-11-28-12-14-29(15-13-28)21-5-3-4-20(16-21)24(25,26)27/h2-5,16,18-19,22,30H,1,6-15,17H2. The monoisotopic (exact) mass is 438 g/mol. The molecular weight excluding hydrogens is 405 g/mol. The number of piperazine rings is 1. The van der Waals surface area contributed by atoms with Gasteiger partial charge < -0.3 is 10.0 Å². The molecule has 1 aromatic rings. The summed E-state index contributed by atoms with van der Waals surface area (Å²) in [4.78, 5) is 16.3. The molecule has 0 amide bonds. The lowest BCUT2D eigenvalue weighted by atomic mass is 9.73. The highest BCUT2D eigenvalue weighted by atomic mass is 19.4. The van der Waals surface area contributed by atoms with E-state index in [1.807, 2.05) is 4.90 Å². The first kappa shape index (κ1) is 23.8. The SMILES string of the molecule is C=CC(C(=O)CO)C1CCC(CCN2CCN(c3cccc(C(F)(F)F)c3)CC2)CC1. The highest BCUT2D eigenvalue weighted by Crippen LogP contribution is 2.36. The fourth-order valence-corrected chi connectivity index (χ4v) is 5.00. The van der Waals surface area contributed by atoms with Crippen molar-refractivity contribution in [2.24, 2.45) is 17.8 Å². The van der Waals surface area contributed by atoms with Crippen LogP contribution in [-0.4, -0.2) is 55.1 Å². The second kappa shape index (κ2) is 10.6. The van der Waals surface area contributed by atoms with Gasteiger partial charge in [0.15, 0.2) is 5.78 Å². The minimum absolute atomic E-state index is 0.128. The molecule has 0 radical (unpaired) electrons. The number of aliphatic hydroxyl groups excluding tert-OH is 1. The zero-order valence-corrected chi connectivity index (χ0v) is 18.0. The molecule has 1 aromatic carbocycles. The van der Waals surface area contributed by atoms with Gasteiger partial charge in [-0.05, 0) is 55.8 Å². The number of anilines is 1. The molecule has 1 atom stereocenters. The third-order valence-corrected chi connectivity index (χ3v) is 6.95. The van der Waals surface area contributed by atoms with Crippen LogP contribution in [0.3, 0.4) is 0 Å². The van der Waals surface area contributed by atoms with Crippen LogP contribution in [0.2, 0.25) is 0 Å². The highest BCUT2D eigenvalue weighted by Gasteiger charge is 2.32. The molecule has 4 nitrogen and oxygen atoms in total. The molecule has 1 unspecified atom stereocenters. The van der Waals surface area contributed by atoms with E-state index < -0.39 is 18.3 Å². The maximum atomic E-state index is 13.0. The maximum Gasteiger partial charge on any atom is 0.416 e. The van der Waals surface area contributed by atoms with Crippen molar-refractivity contribution in [3.63, 3.8) is 0 Å². The quantitative estimate of drug-likeness (QED) is 0.612. The summed E-state index contributed by atoms with van der Waals surface area (Å²) in [5.41, 5.74) is 0.0458. The van der Waals surface area contributed by atoms with Crippen molar-refractivity contribution in [1.82, 2.24) is 4.90 Å². The molecule has 2 fully saturated rings. The average Bonchev–Trinajstić information content (AvgIpc) is 2.78. The van der Waals surface area contributed by atoms with E-state index >= 15 is 0 Å². The third kappa shape index (κ3) is 6.32. The van der Waals surface area contributed by atoms with Crippen molar-refractivity contribution in [2.75, 3.05) is 44.2 Å². The number of alkyl halides is 3. The smallest absolute Gasteiger partial charge is 0.389 e. The van der Waals surface area contributed by atoms with E-state index in [4.69, 9.17) is 5.11 Å². The molecular formula is C24H33F3N2O2. The summed E-state index contributed by atoms with van der Waals surface area (Å²) in [5, 5.41) is 9.13. The van der Waals surface area contributed by atoms with Crippen molar-refractivity contribution in [3.05, 3.63) is 42.5 Å². The summed E-state index contributed by atoms with van der Waals surface area (Å²) in [6.45, 7) is 7.54. The number of hydrogen-bond donors (Lipinski definition) is 1. The van der Waals surface area contributed by atoms with Gasteiger partial charge in [-0.3, -0.25) is 9.69 Å². The van der Waals surface area contributed by atoms with E-state index in [9.17, 15) is 18.0 Å². The first-order chi connectivity index (χ1) is 14.8. The van der Waals surface area contributed by atoms with Crippen molar-refractivity contribution in [2.45, 2.75) is 38.3 Å². The number of hydrogen-bond acceptors (Lipinski definition) is 4. The second-order valence-corrected chi connectivity index (χ2v) is 8.83. The zero-order valence-electron chi connectivity index (χ0n) is 18.0. The fourth-order valence-electron chi connectivity index (χ4n) is 5.00. The highest BCUT2D eigenvalue weighted by molar-refractivity contribution is 5.83. The topological polar surface area (TPSA) is 43.8 Å². The molecule has 1 saturated heterocycles. The minimum atomic E-state index is -4.31. The third-order valence-electron chi connectivity index (χ3n) is 6.95. The summed E-state index contributed by atoms with van der Waals surface area (Å²) < 4.78 is 38.9. The van der Waals surface area contributed by atoms with Crippen molar-refractivity contribution >= 4 is 11.5 Å². The van der Waals surface area contributed by atoms with Crippen LogP contribution in [0.5, 0.6) is 0 Å². The molecule has 31 heavy (non-hydrogen) atoms. The molecule has 0 spiro atoms. The van der Waals surface area contributed by atoms with Gasteiger partial charge in [0.25, 0.3) is 0 Å². The predicted octanol–water partition coefficient (Wildman–Crippen LogP) is 4.39. The van der Waals surface area contributed by atoms with Gasteiger partial charge >= 0.3 is 6.18 Å². The number of allylic oxidation sites excluding steroid dienone is 1. The number of carbonyl (C=O) groups excluding carboxylic acids is 1. The van der Waals surface area contributed by atoms with Gasteiger partial charge in [0, 0.05) is 37.8 Å². The number of halogens is 3. The number of aliphatic hydroxyl groups is 1. The van der Waals surface area contributed by atoms with Gasteiger partial charge in [-0.15, -0.1) is 6.58 Å². The Morgan fingerprint density at radius 2 is 1.84 bits per heavy atom. The van der Waals surface area contributed by atoms with Crippen molar-refractivity contribution in [3.8, 4) is 0 Å². The summed E-state index contributed by atoms with van der Waals surface area (Å²) in [6.07, 6.45) is 2.67. The summed E-state index contributed by atoms with van der Waals surface area (Å²) in [6, 6.07) is 5.59. The van der Waals surface area contributed by atoms with Crippen LogP contribution >= 0.6 is 0 Å². The van der Waals surface area contributed by atoms with Gasteiger partial charge in [-0.2, -0.15) is 13.2 Å². The van der Waals surface area contributed by atoms with Gasteiger partial charge in [-0.25, -0.2) is 0 Å². The fraction of sp³-hybridized carbons (Fsp3) is 0.625. The average molecular weight is 439 g/mol. The van der Waals surface area contributed by atoms with Gasteiger partial charge in [0.1, 0.15) is 6.61 Å². The van der Waals surface area contributed by atoms with Crippen molar-refractivity contribution in [1.29, 1.82) is 0 Å². The van der Waals surface area contributed by atoms with Crippen LogP contribution in [0.1, 0.15) is 37.7 Å². The lowest BCUT2D eigenvalue weighted by molar-refractivity contribution is -0.137. The Balaban J connectivity index is 1.40. The number of nitrogens with zero attached hydrogens (tertiary/aromatic N) is 2. The number of rotatable bonds is 8. The largest absolute Gasteiger partial charge is 0.416 e. The second-order valence-electron chi connectivity index (χ2n) is 8.83. The summed E-state index contributed by atoms with van der Waals surface area (Å²) in [5.74, 6) is 0.587. The van der Waals surface area contributed by atoms with E-state index in [0.717, 1.165) is 70.9 Å². The van der Waals surface area contributed by atoms with Crippen LogP contribution in [0.25, 0.3) is 0 Å². The molecule has 7 heteroatoms. The van der Waals surface area contributed by atoms with Crippen LogP contribution in [0, 0.1) is 17.8 Å². The van der Waals surface area contributed by atoms with E-state index in [1.54, 1.807) is 12.1 Å². The molecule has 2 aliphatic rings. The Kier molecular flexibility index (Phi) is 8.17. The number of carbonyl (C=O) groups is 1. The lowest BCUT2D eigenvalue weighted by Gasteiger charge is -2.37. The van der Waals surface area contributed by atoms with Gasteiger partial charge in [0.2, 0.25) is 0 Å². The molecule has 1 aliphatic carbocycles. The van der Waals surface area contributed by atoms with Gasteiger partial charge in [0.05, 0.1) is 5.56 Å². The van der Waals surface area contributed by atoms with E-state index in [0.29, 0.717) is 17.5 Å². The van der Waals surface area contributed by atoms with E-state index in [2.05, 4.69) is 11.5 Å². The normalized spacial score (nSPS) is 24.1. The Hall–Kier alpha value is -1.86. The first-order valence-electron chi connectivity index (χ1n) is 11.2. The Morgan fingerprint density at radius 1 is 1.16 bits per heavy atom. The predicted molar refractivity (Wildman–Crippen MR) is 116 cm³/mol. The molecule has 0 aromatic heterocycles. The van der Waals surface area contributed by atoms with Crippen molar-refractivity contribution < 1.29 is 23.1 Å². The van der Waals surface area contributed by atoms with Crippen LogP contribution < -0.4 is 4.90 Å². The Labute approximate surface area is 182 Å². The van der Waals surface area contributed by atoms with Crippen LogP contribution in [-0.2, 0) is 11.0 Å². The Morgan fingerprint density at radius 3 is 2.42 bits per heavy atom. The molecule has 1 heterocycles. The first-order valence-corrected chi connectivity index (χ1v) is 11.2. The van der Waals surface area contributed by atoms with E-state index in [-0.39, 0.29) is 11.7 Å². The molecule has 0 bridgehead atoms. The molecule has 1 saturated carbocycles. The molecule has 1 aliphatic heterocycles. The number of Topliss-reactive ketones (excluding diaryl/α,β-unsaturated/α-hetero) is 1. The summed E-state index contributed by atoms with van der Waals surface area (Å²) >= 11 is 0. The molecule has 3 rings (SSSR count). The summed E-state index contributed by atoms with van der Waals surface area (Å²) in [7, 11) is 0. The number of ketones is 1. The van der Waals surface area contributed by atoms with Crippen LogP contribution in [0.4, 0.5) is 18.9 Å². The molecule has 172 valence electrons. The van der Waals surface area contributed by atoms with Crippen LogP contribution in [0.15, 0.2) is 36.9 Å². The maximum absolute atomic E-state index is 13.0. The zero-order chi connectivity index (χ0) is 22.4. The number of benzene rings is 1.